The van der Waals surface area contributed by atoms with Crippen LogP contribution in [0.5, 0.6) is 0 Å². The van der Waals surface area contributed by atoms with Gasteiger partial charge in [0, 0.05) is 6.04 Å². The highest BCUT2D eigenvalue weighted by Crippen LogP contribution is 2.68. The Morgan fingerprint density at radius 2 is 1.59 bits per heavy atom. The SMILES string of the molecule is CC(C)CCCC(C)[C@H]1CCC2C3C(CC[C@@]21C)[C@@]1(C)CC[C@@H](N)C[C@@H]1C[C@H]3O. The summed E-state index contributed by atoms with van der Waals surface area (Å²) in [6.45, 7) is 12.5. The highest BCUT2D eigenvalue weighted by Gasteiger charge is 2.62. The molecular formula is C27H49NO. The van der Waals surface area contributed by atoms with Gasteiger partial charge in [-0.3, -0.25) is 0 Å². The summed E-state index contributed by atoms with van der Waals surface area (Å²) < 4.78 is 0. The molecule has 4 aliphatic rings. The van der Waals surface area contributed by atoms with Crippen molar-refractivity contribution in [1.29, 1.82) is 0 Å². The second-order valence-electron chi connectivity index (χ2n) is 12.9. The van der Waals surface area contributed by atoms with E-state index in [-0.39, 0.29) is 6.10 Å². The topological polar surface area (TPSA) is 46.2 Å². The smallest absolute Gasteiger partial charge is 0.0577 e. The molecule has 4 saturated carbocycles. The summed E-state index contributed by atoms with van der Waals surface area (Å²) in [5.74, 6) is 5.24. The first-order valence-electron chi connectivity index (χ1n) is 13.1. The fraction of sp³-hybridized carbons (Fsp3) is 1.00. The van der Waals surface area contributed by atoms with E-state index >= 15 is 0 Å². The Hall–Kier alpha value is -0.0800. The van der Waals surface area contributed by atoms with E-state index in [1.807, 2.05) is 0 Å². The first-order valence-corrected chi connectivity index (χ1v) is 13.1. The first-order chi connectivity index (χ1) is 13.7. The van der Waals surface area contributed by atoms with E-state index in [1.54, 1.807) is 0 Å². The summed E-state index contributed by atoms with van der Waals surface area (Å²) >= 11 is 0. The molecule has 0 spiro atoms. The summed E-state index contributed by atoms with van der Waals surface area (Å²) in [4.78, 5) is 0. The highest BCUT2D eigenvalue weighted by molar-refractivity contribution is 5.12. The third kappa shape index (κ3) is 3.73. The number of fused-ring (bicyclic) bond motifs is 5. The molecule has 0 radical (unpaired) electrons. The lowest BCUT2D eigenvalue weighted by molar-refractivity contribution is -0.166. The van der Waals surface area contributed by atoms with E-state index in [0.717, 1.165) is 42.4 Å². The molecule has 4 rings (SSSR count). The fourth-order valence-electron chi connectivity index (χ4n) is 9.28. The first kappa shape index (κ1) is 22.1. The van der Waals surface area contributed by atoms with E-state index in [9.17, 15) is 5.11 Å². The molecule has 0 aliphatic heterocycles. The van der Waals surface area contributed by atoms with E-state index in [2.05, 4.69) is 34.6 Å². The van der Waals surface area contributed by atoms with Crippen molar-refractivity contribution in [3.8, 4) is 0 Å². The van der Waals surface area contributed by atoms with Gasteiger partial charge in [-0.05, 0) is 104 Å². The normalized spacial score (nSPS) is 50.7. The molecule has 4 aliphatic carbocycles. The van der Waals surface area contributed by atoms with Gasteiger partial charge in [0.1, 0.15) is 0 Å². The monoisotopic (exact) mass is 403 g/mol. The van der Waals surface area contributed by atoms with Crippen LogP contribution in [-0.4, -0.2) is 17.3 Å². The highest BCUT2D eigenvalue weighted by atomic mass is 16.3. The predicted molar refractivity (Wildman–Crippen MR) is 122 cm³/mol. The average Bonchev–Trinajstić information content (AvgIpc) is 3.00. The van der Waals surface area contributed by atoms with Gasteiger partial charge in [-0.25, -0.2) is 0 Å². The molecule has 2 heteroatoms. The Labute approximate surface area is 180 Å². The van der Waals surface area contributed by atoms with Gasteiger partial charge in [-0.15, -0.1) is 0 Å². The van der Waals surface area contributed by atoms with Crippen LogP contribution in [0.4, 0.5) is 0 Å². The van der Waals surface area contributed by atoms with Crippen molar-refractivity contribution >= 4 is 0 Å². The van der Waals surface area contributed by atoms with E-state index in [0.29, 0.717) is 28.7 Å². The number of rotatable bonds is 5. The fourth-order valence-corrected chi connectivity index (χ4v) is 9.28. The molecule has 0 bridgehead atoms. The second-order valence-corrected chi connectivity index (χ2v) is 12.9. The van der Waals surface area contributed by atoms with Gasteiger partial charge in [0.05, 0.1) is 6.10 Å². The minimum absolute atomic E-state index is 0.0806. The van der Waals surface area contributed by atoms with Crippen LogP contribution < -0.4 is 5.73 Å². The van der Waals surface area contributed by atoms with Crippen molar-refractivity contribution in [2.45, 2.75) is 117 Å². The molecule has 0 aromatic heterocycles. The van der Waals surface area contributed by atoms with Crippen molar-refractivity contribution < 1.29 is 5.11 Å². The quantitative estimate of drug-likeness (QED) is 0.557. The maximum absolute atomic E-state index is 11.4. The van der Waals surface area contributed by atoms with Crippen LogP contribution in [0, 0.1) is 52.3 Å². The molecule has 2 nitrogen and oxygen atoms in total. The molecule has 0 aromatic carbocycles. The van der Waals surface area contributed by atoms with Gasteiger partial charge in [0.15, 0.2) is 0 Å². The van der Waals surface area contributed by atoms with Gasteiger partial charge in [-0.1, -0.05) is 53.9 Å². The molecule has 10 atom stereocenters. The van der Waals surface area contributed by atoms with Crippen LogP contribution in [0.2, 0.25) is 0 Å². The van der Waals surface area contributed by atoms with Crippen molar-refractivity contribution in [1.82, 2.24) is 0 Å². The van der Waals surface area contributed by atoms with Gasteiger partial charge < -0.3 is 10.8 Å². The lowest BCUT2D eigenvalue weighted by Gasteiger charge is -2.62. The molecular weight excluding hydrogens is 354 g/mol. The third-order valence-electron chi connectivity index (χ3n) is 10.9. The van der Waals surface area contributed by atoms with Crippen molar-refractivity contribution in [2.75, 3.05) is 0 Å². The van der Waals surface area contributed by atoms with Crippen LogP contribution in [-0.2, 0) is 0 Å². The number of aliphatic hydroxyl groups excluding tert-OH is 1. The van der Waals surface area contributed by atoms with Gasteiger partial charge in [-0.2, -0.15) is 0 Å². The van der Waals surface area contributed by atoms with Gasteiger partial charge in [0.25, 0.3) is 0 Å². The summed E-state index contributed by atoms with van der Waals surface area (Å²) in [5.41, 5.74) is 7.25. The molecule has 29 heavy (non-hydrogen) atoms. The van der Waals surface area contributed by atoms with E-state index in [1.165, 1.54) is 57.8 Å². The van der Waals surface area contributed by atoms with Crippen LogP contribution in [0.1, 0.15) is 105 Å². The second kappa shape index (κ2) is 8.12. The Morgan fingerprint density at radius 3 is 2.31 bits per heavy atom. The largest absolute Gasteiger partial charge is 0.393 e. The number of hydrogen-bond donors (Lipinski definition) is 2. The maximum Gasteiger partial charge on any atom is 0.0577 e. The molecule has 0 heterocycles. The summed E-state index contributed by atoms with van der Waals surface area (Å²) in [5, 5.41) is 11.4. The minimum Gasteiger partial charge on any atom is -0.393 e. The van der Waals surface area contributed by atoms with E-state index in [4.69, 9.17) is 5.73 Å². The van der Waals surface area contributed by atoms with Gasteiger partial charge in [0.2, 0.25) is 0 Å². The summed E-state index contributed by atoms with van der Waals surface area (Å²) in [7, 11) is 0. The standard InChI is InChI=1S/C27H49NO/c1-17(2)7-6-8-18(3)21-9-10-22-25-23(12-14-27(21,22)5)26(4)13-11-20(28)15-19(26)16-24(25)29/h17-25,29H,6-16,28H2,1-5H3/t18?,19-,20-,21-,22?,23?,24-,25?,26+,27-/m1/s1. The zero-order valence-corrected chi connectivity index (χ0v) is 20.0. The Bertz CT molecular complexity index is 575. The molecule has 168 valence electrons. The lowest BCUT2D eigenvalue weighted by Crippen LogP contribution is -2.59. The van der Waals surface area contributed by atoms with Crippen LogP contribution >= 0.6 is 0 Å². The zero-order chi connectivity index (χ0) is 21.0. The average molecular weight is 404 g/mol. The maximum atomic E-state index is 11.4. The lowest BCUT2D eigenvalue weighted by atomic mass is 9.43. The zero-order valence-electron chi connectivity index (χ0n) is 20.0. The molecule has 4 unspecified atom stereocenters. The predicted octanol–water partition coefficient (Wildman–Crippen LogP) is 6.41. The summed E-state index contributed by atoms with van der Waals surface area (Å²) in [6, 6.07) is 0.369. The van der Waals surface area contributed by atoms with Crippen molar-refractivity contribution in [3.05, 3.63) is 0 Å². The number of aliphatic hydroxyl groups is 1. The van der Waals surface area contributed by atoms with Crippen molar-refractivity contribution in [3.63, 3.8) is 0 Å². The molecule has 0 saturated heterocycles. The van der Waals surface area contributed by atoms with Crippen LogP contribution in [0.25, 0.3) is 0 Å². The minimum atomic E-state index is -0.0806. The molecule has 0 amide bonds. The van der Waals surface area contributed by atoms with Gasteiger partial charge >= 0.3 is 0 Å². The van der Waals surface area contributed by atoms with Crippen LogP contribution in [0.15, 0.2) is 0 Å². The van der Waals surface area contributed by atoms with Crippen LogP contribution in [0.3, 0.4) is 0 Å². The number of nitrogens with two attached hydrogens (primary N) is 1. The third-order valence-corrected chi connectivity index (χ3v) is 10.9. The Balaban J connectivity index is 1.50. The Kier molecular flexibility index (Phi) is 6.19. The molecule has 4 fully saturated rings. The number of hydrogen-bond acceptors (Lipinski definition) is 2. The van der Waals surface area contributed by atoms with E-state index < -0.39 is 0 Å². The van der Waals surface area contributed by atoms with Crippen molar-refractivity contribution in [2.24, 2.45) is 58.0 Å². The Morgan fingerprint density at radius 1 is 0.897 bits per heavy atom. The summed E-state index contributed by atoms with van der Waals surface area (Å²) in [6.07, 6.45) is 14.3. The molecule has 3 N–H and O–H groups in total. The molecule has 0 aromatic rings.